The second-order valence-electron chi connectivity index (χ2n) is 6.25. The normalized spacial score (nSPS) is 11.4. The summed E-state index contributed by atoms with van der Waals surface area (Å²) in [7, 11) is 4.68. The molecular weight excluding hydrogens is 413 g/mol. The van der Waals surface area contributed by atoms with Crippen molar-refractivity contribution in [2.45, 2.75) is 71.1 Å². The van der Waals surface area contributed by atoms with E-state index in [4.69, 9.17) is 0 Å². The van der Waals surface area contributed by atoms with Crippen molar-refractivity contribution in [2.24, 2.45) is 0 Å². The molecule has 1 nitrogen and oxygen atoms in total. The lowest BCUT2D eigenvalue weighted by atomic mass is 10.1. The molecule has 0 aromatic heterocycles. The molecule has 0 rings (SSSR count). The van der Waals surface area contributed by atoms with E-state index in [1.165, 1.54) is 81.8 Å². The summed E-state index contributed by atoms with van der Waals surface area (Å²) in [5, 5.41) is 1.12. The maximum Gasteiger partial charge on any atom is 0.0880 e. The Hall–Kier alpha value is 1.17. The van der Waals surface area contributed by atoms with Gasteiger partial charge in [-0.1, -0.05) is 74.2 Å². The molecule has 0 bridgehead atoms. The second kappa shape index (κ2) is 15.6. The van der Waals surface area contributed by atoms with E-state index in [1.807, 2.05) is 0 Å². The summed E-state index contributed by atoms with van der Waals surface area (Å²) >= 11 is 3.54. The zero-order valence-electron chi connectivity index (χ0n) is 13.4. The number of halogens is 2. The van der Waals surface area contributed by atoms with Crippen LogP contribution in [0.3, 0.4) is 0 Å². The van der Waals surface area contributed by atoms with Gasteiger partial charge < -0.3 is 28.5 Å². The van der Waals surface area contributed by atoms with Crippen LogP contribution in [0.15, 0.2) is 0 Å². The highest BCUT2D eigenvalue weighted by molar-refractivity contribution is 9.09. The van der Waals surface area contributed by atoms with Crippen LogP contribution in [0.2, 0.25) is 0 Å². The van der Waals surface area contributed by atoms with Crippen molar-refractivity contribution < 1.29 is 28.5 Å². The molecule has 0 saturated carbocycles. The van der Waals surface area contributed by atoms with E-state index in [9.17, 15) is 0 Å². The van der Waals surface area contributed by atoms with Gasteiger partial charge >= 0.3 is 0 Å². The van der Waals surface area contributed by atoms with E-state index in [1.54, 1.807) is 0 Å². The predicted octanol–water partition coefficient (Wildman–Crippen LogP) is 2.38. The topological polar surface area (TPSA) is 0 Å². The molecule has 118 valence electrons. The molecule has 0 spiro atoms. The quantitative estimate of drug-likeness (QED) is 0.176. The predicted molar refractivity (Wildman–Crippen MR) is 87.5 cm³/mol. The molecule has 0 radical (unpaired) electrons. The first-order valence-electron chi connectivity index (χ1n) is 8.00. The number of unbranched alkanes of at least 4 members (excludes halogenated alkanes) is 9. The van der Waals surface area contributed by atoms with Crippen LogP contribution in [0.25, 0.3) is 0 Å². The van der Waals surface area contributed by atoms with Gasteiger partial charge in [0, 0.05) is 0 Å². The first-order valence-corrected chi connectivity index (χ1v) is 9.12. The van der Waals surface area contributed by atoms with Crippen LogP contribution in [0, 0.1) is 0 Å². The van der Waals surface area contributed by atoms with E-state index in [0.717, 1.165) is 5.33 Å². The summed E-state index contributed by atoms with van der Waals surface area (Å²) in [6.45, 7) is 4.87. The third-order valence-electron chi connectivity index (χ3n) is 3.81. The minimum absolute atomic E-state index is 0. The Morgan fingerprint density at radius 1 is 0.684 bits per heavy atom. The molecular formula is C16H35BrIN. The number of alkyl halides is 1. The third kappa shape index (κ3) is 17.1. The van der Waals surface area contributed by atoms with Crippen molar-refractivity contribution in [1.82, 2.24) is 0 Å². The molecule has 3 heteroatoms. The van der Waals surface area contributed by atoms with Gasteiger partial charge in [-0.25, -0.2) is 0 Å². The van der Waals surface area contributed by atoms with E-state index in [2.05, 4.69) is 36.9 Å². The van der Waals surface area contributed by atoms with Gasteiger partial charge in [-0.2, -0.15) is 0 Å². The van der Waals surface area contributed by atoms with Gasteiger partial charge in [-0.15, -0.1) is 0 Å². The molecule has 0 fully saturated rings. The lowest BCUT2D eigenvalue weighted by Crippen LogP contribution is -3.00. The fraction of sp³-hybridized carbons (Fsp3) is 1.00. The lowest BCUT2D eigenvalue weighted by molar-refractivity contribution is -0.887. The smallest absolute Gasteiger partial charge is 0.0880 e. The maximum absolute atomic E-state index is 3.54. The van der Waals surface area contributed by atoms with E-state index in [0.29, 0.717) is 0 Å². The number of rotatable bonds is 13. The van der Waals surface area contributed by atoms with Crippen LogP contribution in [-0.4, -0.2) is 37.0 Å². The van der Waals surface area contributed by atoms with Crippen molar-refractivity contribution in [3.63, 3.8) is 0 Å². The Morgan fingerprint density at radius 3 is 1.53 bits per heavy atom. The summed E-state index contributed by atoms with van der Waals surface area (Å²) in [6, 6.07) is 0. The van der Waals surface area contributed by atoms with Crippen molar-refractivity contribution in [3.05, 3.63) is 0 Å². The van der Waals surface area contributed by atoms with Gasteiger partial charge in [-0.05, 0) is 12.8 Å². The number of hydrogen-bond donors (Lipinski definition) is 0. The SMILES string of the molecule is CCCCCCCCCCCC[N+](C)(C)CCBr.[I-]. The van der Waals surface area contributed by atoms with E-state index < -0.39 is 0 Å². The van der Waals surface area contributed by atoms with Crippen LogP contribution >= 0.6 is 15.9 Å². The maximum atomic E-state index is 3.54. The van der Waals surface area contributed by atoms with Gasteiger partial charge in [0.2, 0.25) is 0 Å². The molecule has 0 atom stereocenters. The minimum Gasteiger partial charge on any atom is -1.00 e. The molecule has 0 aliphatic heterocycles. The van der Waals surface area contributed by atoms with Gasteiger partial charge in [0.05, 0.1) is 32.5 Å². The van der Waals surface area contributed by atoms with Gasteiger partial charge in [0.25, 0.3) is 0 Å². The molecule has 0 aromatic rings. The molecule has 0 saturated heterocycles. The average molecular weight is 448 g/mol. The Labute approximate surface area is 147 Å². The van der Waals surface area contributed by atoms with Crippen LogP contribution in [-0.2, 0) is 0 Å². The van der Waals surface area contributed by atoms with Gasteiger partial charge in [0.1, 0.15) is 0 Å². The van der Waals surface area contributed by atoms with Gasteiger partial charge in [0.15, 0.2) is 0 Å². The fourth-order valence-corrected chi connectivity index (χ4v) is 3.33. The summed E-state index contributed by atoms with van der Waals surface area (Å²) in [6.07, 6.45) is 14.4. The highest BCUT2D eigenvalue weighted by Crippen LogP contribution is 2.11. The largest absolute Gasteiger partial charge is 1.00 e. The molecule has 0 heterocycles. The summed E-state index contributed by atoms with van der Waals surface area (Å²) < 4.78 is 1.17. The number of quaternary nitrogens is 1. The van der Waals surface area contributed by atoms with Crippen LogP contribution in [0.5, 0.6) is 0 Å². The summed E-state index contributed by atoms with van der Waals surface area (Å²) in [5.74, 6) is 0. The summed E-state index contributed by atoms with van der Waals surface area (Å²) in [4.78, 5) is 0. The third-order valence-corrected chi connectivity index (χ3v) is 4.16. The Bertz CT molecular complexity index is 174. The number of nitrogens with zero attached hydrogens (tertiary/aromatic N) is 1. The van der Waals surface area contributed by atoms with Crippen molar-refractivity contribution >= 4 is 15.9 Å². The standard InChI is InChI=1S/C16H35BrN.HI/c1-4-5-6-7-8-9-10-11-12-13-15-18(2,3)16-14-17;/h4-16H2,1-3H3;1H/q+1;/p-1. The first-order chi connectivity index (χ1) is 8.62. The second-order valence-corrected chi connectivity index (χ2v) is 7.05. The lowest BCUT2D eigenvalue weighted by Gasteiger charge is -2.29. The monoisotopic (exact) mass is 447 g/mol. The Balaban J connectivity index is 0. The average Bonchev–Trinajstić information content (AvgIpc) is 2.31. The molecule has 0 aromatic carbocycles. The Kier molecular flexibility index (Phi) is 18.4. The van der Waals surface area contributed by atoms with Crippen molar-refractivity contribution in [1.29, 1.82) is 0 Å². The van der Waals surface area contributed by atoms with Crippen molar-refractivity contribution in [3.8, 4) is 0 Å². The van der Waals surface area contributed by atoms with Crippen LogP contribution in [0.4, 0.5) is 0 Å². The molecule has 0 aliphatic carbocycles. The Morgan fingerprint density at radius 2 is 1.11 bits per heavy atom. The zero-order valence-corrected chi connectivity index (χ0v) is 17.1. The number of hydrogen-bond acceptors (Lipinski definition) is 0. The first kappa shape index (κ1) is 22.5. The molecule has 0 aliphatic rings. The fourth-order valence-electron chi connectivity index (χ4n) is 2.37. The highest BCUT2D eigenvalue weighted by Gasteiger charge is 2.12. The zero-order chi connectivity index (χ0) is 13.7. The molecule has 0 amide bonds. The molecule has 0 unspecified atom stereocenters. The summed E-state index contributed by atoms with van der Waals surface area (Å²) in [5.41, 5.74) is 0. The minimum atomic E-state index is 0. The van der Waals surface area contributed by atoms with Crippen LogP contribution < -0.4 is 24.0 Å². The van der Waals surface area contributed by atoms with Gasteiger partial charge in [-0.3, -0.25) is 0 Å². The van der Waals surface area contributed by atoms with Crippen LogP contribution in [0.1, 0.15) is 71.1 Å². The van der Waals surface area contributed by atoms with E-state index in [-0.39, 0.29) is 24.0 Å². The highest BCUT2D eigenvalue weighted by atomic mass is 127. The molecule has 0 N–H and O–H groups in total. The van der Waals surface area contributed by atoms with Crippen molar-refractivity contribution in [2.75, 3.05) is 32.5 Å². The van der Waals surface area contributed by atoms with E-state index >= 15 is 0 Å². The molecule has 19 heavy (non-hydrogen) atoms.